The van der Waals surface area contributed by atoms with E-state index < -0.39 is 17.5 Å². The minimum absolute atomic E-state index is 0.0721. The van der Waals surface area contributed by atoms with Crippen molar-refractivity contribution in [1.29, 1.82) is 0 Å². The highest BCUT2D eigenvalue weighted by Gasteiger charge is 2.36. The lowest BCUT2D eigenvalue weighted by Gasteiger charge is -2.21. The lowest BCUT2D eigenvalue weighted by Crippen LogP contribution is -2.37. The summed E-state index contributed by atoms with van der Waals surface area (Å²) in [6.45, 7) is 2.89. The van der Waals surface area contributed by atoms with Crippen LogP contribution in [0.2, 0.25) is 0 Å². The van der Waals surface area contributed by atoms with Crippen LogP contribution >= 0.6 is 0 Å². The Balaban J connectivity index is 2.23. The van der Waals surface area contributed by atoms with Crippen LogP contribution in [-0.4, -0.2) is 43.9 Å². The molecule has 1 aromatic carbocycles. The Kier molecular flexibility index (Phi) is 3.20. The molecule has 0 spiro atoms. The summed E-state index contributed by atoms with van der Waals surface area (Å²) in [6.07, 6.45) is 0. The molecule has 0 unspecified atom stereocenters. The highest BCUT2D eigenvalue weighted by molar-refractivity contribution is 5.93. The zero-order valence-electron chi connectivity index (χ0n) is 12.3. The summed E-state index contributed by atoms with van der Waals surface area (Å²) in [7, 11) is 0. The lowest BCUT2D eigenvalue weighted by molar-refractivity contribution is -0.146. The maximum atomic E-state index is 11.5. The van der Waals surface area contributed by atoms with E-state index in [0.717, 1.165) is 4.68 Å². The van der Waals surface area contributed by atoms with Crippen LogP contribution < -0.4 is 9.47 Å². The van der Waals surface area contributed by atoms with Gasteiger partial charge in [0.05, 0.1) is 0 Å². The van der Waals surface area contributed by atoms with Crippen molar-refractivity contribution in [3.8, 4) is 22.8 Å². The molecule has 120 valence electrons. The van der Waals surface area contributed by atoms with Crippen LogP contribution in [0.4, 0.5) is 0 Å². The molecule has 2 N–H and O–H groups in total. The number of rotatable bonds is 4. The summed E-state index contributed by atoms with van der Waals surface area (Å²) >= 11 is 0. The van der Waals surface area contributed by atoms with Gasteiger partial charge in [-0.2, -0.15) is 0 Å². The molecule has 1 aromatic heterocycles. The van der Waals surface area contributed by atoms with Crippen LogP contribution in [0.5, 0.6) is 11.5 Å². The van der Waals surface area contributed by atoms with E-state index in [9.17, 15) is 19.8 Å². The molecular formula is C14H13N3O6. The summed E-state index contributed by atoms with van der Waals surface area (Å²) in [5.74, 6) is -1.49. The van der Waals surface area contributed by atoms with Gasteiger partial charge in [0, 0.05) is 5.56 Å². The Labute approximate surface area is 130 Å². The first kappa shape index (κ1) is 14.8. The number of carboxylic acid groups (broad SMARTS) is 2. The van der Waals surface area contributed by atoms with Crippen molar-refractivity contribution in [3.05, 3.63) is 23.9 Å². The van der Waals surface area contributed by atoms with Gasteiger partial charge in [0.2, 0.25) is 6.79 Å². The Morgan fingerprint density at radius 1 is 1.22 bits per heavy atom. The van der Waals surface area contributed by atoms with Crippen molar-refractivity contribution in [1.82, 2.24) is 15.0 Å². The van der Waals surface area contributed by atoms with Gasteiger partial charge in [-0.3, -0.25) is 0 Å². The van der Waals surface area contributed by atoms with E-state index in [2.05, 4.69) is 10.3 Å². The van der Waals surface area contributed by atoms with Gasteiger partial charge in [-0.1, -0.05) is 5.21 Å². The lowest BCUT2D eigenvalue weighted by atomic mass is 10.0. The number of carbonyl (C=O) groups is 2. The second-order valence-electron chi connectivity index (χ2n) is 5.44. The van der Waals surface area contributed by atoms with Crippen LogP contribution in [0.3, 0.4) is 0 Å². The first-order valence-electron chi connectivity index (χ1n) is 6.65. The maximum Gasteiger partial charge on any atom is 0.358 e. The van der Waals surface area contributed by atoms with Crippen LogP contribution in [0.25, 0.3) is 11.3 Å². The molecule has 9 heteroatoms. The van der Waals surface area contributed by atoms with Crippen molar-refractivity contribution < 1.29 is 29.3 Å². The predicted molar refractivity (Wildman–Crippen MR) is 75.5 cm³/mol. The van der Waals surface area contributed by atoms with Crippen molar-refractivity contribution in [2.24, 2.45) is 0 Å². The van der Waals surface area contributed by atoms with Gasteiger partial charge in [-0.15, -0.1) is 5.10 Å². The number of nitrogens with zero attached hydrogens (tertiary/aromatic N) is 3. The van der Waals surface area contributed by atoms with Crippen molar-refractivity contribution >= 4 is 11.9 Å². The molecule has 0 fully saturated rings. The molecule has 9 nitrogen and oxygen atoms in total. The fourth-order valence-corrected chi connectivity index (χ4v) is 2.21. The van der Waals surface area contributed by atoms with Gasteiger partial charge >= 0.3 is 11.9 Å². The minimum Gasteiger partial charge on any atom is -0.479 e. The Morgan fingerprint density at radius 3 is 2.57 bits per heavy atom. The summed E-state index contributed by atoms with van der Waals surface area (Å²) in [5, 5.41) is 26.1. The average Bonchev–Trinajstić information content (AvgIpc) is 3.12. The van der Waals surface area contributed by atoms with Gasteiger partial charge in [0.25, 0.3) is 0 Å². The largest absolute Gasteiger partial charge is 0.479 e. The highest BCUT2D eigenvalue weighted by Crippen LogP contribution is 2.37. The predicted octanol–water partition coefficient (Wildman–Crippen LogP) is 1.19. The molecule has 1 aliphatic rings. The van der Waals surface area contributed by atoms with E-state index in [0.29, 0.717) is 17.1 Å². The van der Waals surface area contributed by atoms with Gasteiger partial charge in [0.1, 0.15) is 5.69 Å². The van der Waals surface area contributed by atoms with Crippen LogP contribution in [0, 0.1) is 0 Å². The number of ether oxygens (including phenoxy) is 2. The molecule has 0 amide bonds. The van der Waals surface area contributed by atoms with E-state index in [-0.39, 0.29) is 18.2 Å². The zero-order chi connectivity index (χ0) is 16.8. The zero-order valence-corrected chi connectivity index (χ0v) is 12.3. The fraction of sp³-hybridized carbons (Fsp3) is 0.286. The van der Waals surface area contributed by atoms with E-state index in [1.807, 2.05) is 0 Å². The molecule has 0 saturated heterocycles. The van der Waals surface area contributed by atoms with Gasteiger partial charge in [0.15, 0.2) is 22.7 Å². The number of hydrogen-bond acceptors (Lipinski definition) is 6. The van der Waals surface area contributed by atoms with Crippen LogP contribution in [0.1, 0.15) is 24.3 Å². The number of carboxylic acids is 2. The number of benzene rings is 1. The molecule has 0 bridgehead atoms. The van der Waals surface area contributed by atoms with Gasteiger partial charge < -0.3 is 19.7 Å². The summed E-state index contributed by atoms with van der Waals surface area (Å²) in [4.78, 5) is 22.9. The van der Waals surface area contributed by atoms with E-state index in [1.54, 1.807) is 18.2 Å². The molecule has 23 heavy (non-hydrogen) atoms. The standard InChI is InChI=1S/C14H13N3O6/c1-14(2,13(20)21)17-11(10(12(18)19)15-16-17)7-3-4-8-9(5-7)23-6-22-8/h3-5H,6H2,1-2H3,(H,18,19)(H,20,21). The van der Waals surface area contributed by atoms with Gasteiger partial charge in [-0.05, 0) is 32.0 Å². The Bertz CT molecular complexity index is 811. The van der Waals surface area contributed by atoms with E-state index in [1.165, 1.54) is 13.8 Å². The molecule has 0 atom stereocenters. The Morgan fingerprint density at radius 2 is 1.91 bits per heavy atom. The molecule has 2 aromatic rings. The number of aromatic nitrogens is 3. The van der Waals surface area contributed by atoms with Crippen molar-refractivity contribution in [3.63, 3.8) is 0 Å². The molecule has 0 aliphatic carbocycles. The molecular weight excluding hydrogens is 306 g/mol. The number of aliphatic carboxylic acids is 1. The SMILES string of the molecule is CC(C)(C(=O)O)n1nnc(C(=O)O)c1-c1ccc2c(c1)OCO2. The third kappa shape index (κ3) is 2.26. The molecule has 1 aliphatic heterocycles. The Hall–Kier alpha value is -3.10. The number of aromatic carboxylic acids is 1. The topological polar surface area (TPSA) is 124 Å². The van der Waals surface area contributed by atoms with Crippen LogP contribution in [0.15, 0.2) is 18.2 Å². The first-order chi connectivity index (χ1) is 10.8. The van der Waals surface area contributed by atoms with Crippen molar-refractivity contribution in [2.75, 3.05) is 6.79 Å². The smallest absolute Gasteiger partial charge is 0.358 e. The molecule has 0 saturated carbocycles. The molecule has 3 rings (SSSR count). The monoisotopic (exact) mass is 319 g/mol. The third-order valence-electron chi connectivity index (χ3n) is 3.57. The van der Waals surface area contributed by atoms with Crippen molar-refractivity contribution in [2.45, 2.75) is 19.4 Å². The first-order valence-corrected chi connectivity index (χ1v) is 6.65. The van der Waals surface area contributed by atoms with E-state index in [4.69, 9.17) is 9.47 Å². The summed E-state index contributed by atoms with van der Waals surface area (Å²) in [6, 6.07) is 4.80. The highest BCUT2D eigenvalue weighted by atomic mass is 16.7. The second kappa shape index (κ2) is 4.97. The maximum absolute atomic E-state index is 11.5. The average molecular weight is 319 g/mol. The van der Waals surface area contributed by atoms with Gasteiger partial charge in [-0.25, -0.2) is 14.3 Å². The summed E-state index contributed by atoms with van der Waals surface area (Å²) in [5.41, 5.74) is -1.31. The van der Waals surface area contributed by atoms with E-state index >= 15 is 0 Å². The fourth-order valence-electron chi connectivity index (χ4n) is 2.21. The third-order valence-corrected chi connectivity index (χ3v) is 3.57. The molecule has 2 heterocycles. The number of hydrogen-bond donors (Lipinski definition) is 2. The molecule has 0 radical (unpaired) electrons. The number of fused-ring (bicyclic) bond motifs is 1. The minimum atomic E-state index is -1.48. The van der Waals surface area contributed by atoms with Crippen LogP contribution in [-0.2, 0) is 10.3 Å². The quantitative estimate of drug-likeness (QED) is 0.861. The second-order valence-corrected chi connectivity index (χ2v) is 5.44. The summed E-state index contributed by atoms with van der Waals surface area (Å²) < 4.78 is 11.6. The normalized spacial score (nSPS) is 13.1.